The molecular weight excluding hydrogens is 365 g/mol. The van der Waals surface area contributed by atoms with Crippen molar-refractivity contribution in [3.63, 3.8) is 0 Å². The van der Waals surface area contributed by atoms with Crippen LogP contribution in [0.3, 0.4) is 0 Å². The van der Waals surface area contributed by atoms with Gasteiger partial charge in [-0.2, -0.15) is 8.78 Å². The van der Waals surface area contributed by atoms with Crippen LogP contribution in [0.1, 0.15) is 38.8 Å². The van der Waals surface area contributed by atoms with Crippen LogP contribution >= 0.6 is 0 Å². The number of hydrogen-bond acceptors (Lipinski definition) is 4. The van der Waals surface area contributed by atoms with Crippen LogP contribution in [0.4, 0.5) is 8.78 Å². The van der Waals surface area contributed by atoms with Crippen molar-refractivity contribution in [1.82, 2.24) is 0 Å². The Balaban J connectivity index is 1.95. The highest BCUT2D eigenvalue weighted by atomic mass is 19.3. The van der Waals surface area contributed by atoms with Crippen molar-refractivity contribution in [2.75, 3.05) is 0 Å². The molecule has 2 aromatic carbocycles. The molecule has 1 fully saturated rings. The van der Waals surface area contributed by atoms with E-state index >= 15 is 0 Å². The second kappa shape index (κ2) is 7.72. The molecule has 28 heavy (non-hydrogen) atoms. The van der Waals surface area contributed by atoms with Crippen LogP contribution in [0.25, 0.3) is 0 Å². The molecule has 0 N–H and O–H groups in total. The molecule has 1 aliphatic heterocycles. The van der Waals surface area contributed by atoms with Crippen molar-refractivity contribution in [3.8, 4) is 11.5 Å². The zero-order valence-corrected chi connectivity index (χ0v) is 16.8. The summed E-state index contributed by atoms with van der Waals surface area (Å²) in [5.74, 6) is 0.439. The Labute approximate surface area is 164 Å². The molecule has 1 aliphatic rings. The van der Waals surface area contributed by atoms with Crippen molar-refractivity contribution in [2.24, 2.45) is 0 Å². The van der Waals surface area contributed by atoms with Gasteiger partial charge in [0, 0.05) is 11.5 Å². The van der Waals surface area contributed by atoms with E-state index in [9.17, 15) is 8.78 Å². The quantitative estimate of drug-likeness (QED) is 0.682. The van der Waals surface area contributed by atoms with Gasteiger partial charge in [-0.05, 0) is 51.8 Å². The molecule has 0 aromatic heterocycles. The maximum Gasteiger partial charge on any atom is 0.498 e. The summed E-state index contributed by atoms with van der Waals surface area (Å²) in [6, 6.07) is 12.6. The van der Waals surface area contributed by atoms with Gasteiger partial charge in [0.15, 0.2) is 0 Å². The van der Waals surface area contributed by atoms with Gasteiger partial charge in [0.05, 0.1) is 11.2 Å². The van der Waals surface area contributed by atoms with Crippen LogP contribution in [0, 0.1) is 6.92 Å². The minimum Gasteiger partial charge on any atom is -0.489 e. The second-order valence-corrected chi connectivity index (χ2v) is 7.89. The van der Waals surface area contributed by atoms with Gasteiger partial charge in [-0.15, -0.1) is 0 Å². The molecule has 0 bridgehead atoms. The average molecular weight is 390 g/mol. The highest BCUT2D eigenvalue weighted by molar-refractivity contribution is 6.63. The topological polar surface area (TPSA) is 36.9 Å². The second-order valence-electron chi connectivity index (χ2n) is 7.89. The minimum atomic E-state index is -2.91. The van der Waals surface area contributed by atoms with Gasteiger partial charge in [-0.25, -0.2) is 0 Å². The van der Waals surface area contributed by atoms with Crippen molar-refractivity contribution >= 4 is 12.6 Å². The highest BCUT2D eigenvalue weighted by Gasteiger charge is 2.53. The predicted octanol–water partition coefficient (Wildman–Crippen LogP) is 4.47. The smallest absolute Gasteiger partial charge is 0.489 e. The molecule has 0 unspecified atom stereocenters. The van der Waals surface area contributed by atoms with E-state index in [1.165, 1.54) is 6.07 Å². The first-order valence-electron chi connectivity index (χ1n) is 9.21. The summed E-state index contributed by atoms with van der Waals surface area (Å²) in [5.41, 5.74) is 1.27. The fourth-order valence-corrected chi connectivity index (χ4v) is 3.02. The van der Waals surface area contributed by atoms with Gasteiger partial charge in [-0.3, -0.25) is 0 Å². The Kier molecular flexibility index (Phi) is 5.68. The summed E-state index contributed by atoms with van der Waals surface area (Å²) in [6.45, 7) is 7.01. The first-order chi connectivity index (χ1) is 13.1. The Bertz CT molecular complexity index is 809. The highest BCUT2D eigenvalue weighted by Crippen LogP contribution is 2.38. The third-order valence-electron chi connectivity index (χ3n) is 5.27. The molecule has 0 aliphatic carbocycles. The van der Waals surface area contributed by atoms with Gasteiger partial charge in [0.1, 0.15) is 18.1 Å². The monoisotopic (exact) mass is 390 g/mol. The molecular formula is C21H25BF2O4. The van der Waals surface area contributed by atoms with Gasteiger partial charge in [0.2, 0.25) is 0 Å². The Morgan fingerprint density at radius 3 is 2.18 bits per heavy atom. The standard InChI is InChI=1S/C21H25BF2O4/c1-14-11-16(26-19(23)24)12-17(25-13-15-9-7-6-8-10-15)18(14)22-27-20(2,3)21(4,5)28-22/h6-12,19H,13H2,1-5H3. The van der Waals surface area contributed by atoms with Crippen LogP contribution < -0.4 is 14.9 Å². The molecule has 7 heteroatoms. The number of aryl methyl sites for hydroxylation is 1. The molecule has 0 atom stereocenters. The van der Waals surface area contributed by atoms with Gasteiger partial charge < -0.3 is 18.8 Å². The summed E-state index contributed by atoms with van der Waals surface area (Å²) >= 11 is 0. The molecule has 150 valence electrons. The Morgan fingerprint density at radius 1 is 1.00 bits per heavy atom. The van der Waals surface area contributed by atoms with Crippen LogP contribution in [0.2, 0.25) is 0 Å². The summed E-state index contributed by atoms with van der Waals surface area (Å²) in [5, 5.41) is 0. The lowest BCUT2D eigenvalue weighted by Crippen LogP contribution is -2.41. The Hall–Kier alpha value is -2.12. The lowest BCUT2D eigenvalue weighted by molar-refractivity contribution is -0.0499. The van der Waals surface area contributed by atoms with Crippen molar-refractivity contribution in [1.29, 1.82) is 0 Å². The summed E-state index contributed by atoms with van der Waals surface area (Å²) in [4.78, 5) is 0. The molecule has 0 spiro atoms. The van der Waals surface area contributed by atoms with Gasteiger partial charge in [-0.1, -0.05) is 30.3 Å². The SMILES string of the molecule is Cc1cc(OC(F)F)cc(OCc2ccccc2)c1B1OC(C)(C)C(C)(C)O1. The fourth-order valence-electron chi connectivity index (χ4n) is 3.02. The van der Waals surface area contributed by atoms with E-state index in [0.29, 0.717) is 16.8 Å². The maximum atomic E-state index is 12.7. The van der Waals surface area contributed by atoms with Crippen LogP contribution in [-0.4, -0.2) is 24.9 Å². The van der Waals surface area contributed by atoms with Crippen LogP contribution in [-0.2, 0) is 15.9 Å². The zero-order chi connectivity index (χ0) is 20.5. The number of halogens is 2. The zero-order valence-electron chi connectivity index (χ0n) is 16.8. The van der Waals surface area contributed by atoms with E-state index in [-0.39, 0.29) is 12.4 Å². The first kappa shape index (κ1) is 20.6. The number of hydrogen-bond donors (Lipinski definition) is 0. The summed E-state index contributed by atoms with van der Waals surface area (Å²) in [7, 11) is -0.670. The molecule has 3 rings (SSSR count). The molecule has 1 heterocycles. The lowest BCUT2D eigenvalue weighted by atomic mass is 9.75. The molecule has 0 radical (unpaired) electrons. The molecule has 4 nitrogen and oxygen atoms in total. The van der Waals surface area contributed by atoms with Gasteiger partial charge in [0.25, 0.3) is 0 Å². The molecule has 2 aromatic rings. The van der Waals surface area contributed by atoms with E-state index in [1.807, 2.05) is 58.0 Å². The largest absolute Gasteiger partial charge is 0.498 e. The predicted molar refractivity (Wildman–Crippen MR) is 104 cm³/mol. The number of ether oxygens (including phenoxy) is 2. The number of alkyl halides is 2. The van der Waals surface area contributed by atoms with E-state index in [0.717, 1.165) is 5.56 Å². The maximum absolute atomic E-state index is 12.7. The summed E-state index contributed by atoms with van der Waals surface area (Å²) in [6.07, 6.45) is 0. The summed E-state index contributed by atoms with van der Waals surface area (Å²) < 4.78 is 48.3. The van der Waals surface area contributed by atoms with Crippen LogP contribution in [0.5, 0.6) is 11.5 Å². The van der Waals surface area contributed by atoms with Crippen molar-refractivity contribution in [3.05, 3.63) is 53.6 Å². The lowest BCUT2D eigenvalue weighted by Gasteiger charge is -2.32. The van der Waals surface area contributed by atoms with E-state index in [1.54, 1.807) is 13.0 Å². The average Bonchev–Trinajstić information content (AvgIpc) is 2.80. The normalized spacial score (nSPS) is 17.8. The van der Waals surface area contributed by atoms with Crippen LogP contribution in [0.15, 0.2) is 42.5 Å². The minimum absolute atomic E-state index is 0.0378. The van der Waals surface area contributed by atoms with E-state index < -0.39 is 24.9 Å². The van der Waals surface area contributed by atoms with Crippen molar-refractivity contribution < 1.29 is 27.6 Å². The first-order valence-corrected chi connectivity index (χ1v) is 9.21. The Morgan fingerprint density at radius 2 is 1.61 bits per heavy atom. The van der Waals surface area contributed by atoms with Crippen molar-refractivity contribution in [2.45, 2.75) is 59.0 Å². The van der Waals surface area contributed by atoms with E-state index in [4.69, 9.17) is 14.0 Å². The van der Waals surface area contributed by atoms with Gasteiger partial charge >= 0.3 is 13.7 Å². The molecule has 0 amide bonds. The number of benzene rings is 2. The third-order valence-corrected chi connectivity index (χ3v) is 5.27. The number of rotatable bonds is 6. The fraction of sp³-hybridized carbons (Fsp3) is 0.429. The molecule has 0 saturated carbocycles. The third kappa shape index (κ3) is 4.31. The molecule has 1 saturated heterocycles. The van der Waals surface area contributed by atoms with E-state index in [2.05, 4.69) is 4.74 Å².